The first kappa shape index (κ1) is 14.8. The molecule has 2 aromatic rings. The van der Waals surface area contributed by atoms with Crippen molar-refractivity contribution < 1.29 is 13.2 Å². The van der Waals surface area contributed by atoms with Gasteiger partial charge in [-0.15, -0.1) is 0 Å². The molecule has 1 aromatic carbocycles. The number of nitrogens with zero attached hydrogens (tertiary/aromatic N) is 1. The van der Waals surface area contributed by atoms with E-state index in [-0.39, 0.29) is 0 Å². The fourth-order valence-corrected chi connectivity index (χ4v) is 2.43. The first-order valence-corrected chi connectivity index (χ1v) is 7.05. The lowest BCUT2D eigenvalue weighted by Gasteiger charge is -2.06. The Hall–Kier alpha value is -1.56. The van der Waals surface area contributed by atoms with Crippen LogP contribution >= 0.6 is 11.3 Å². The summed E-state index contributed by atoms with van der Waals surface area (Å²) in [5.41, 5.74) is 0.108. The van der Waals surface area contributed by atoms with Gasteiger partial charge in [0.15, 0.2) is 5.13 Å². The summed E-state index contributed by atoms with van der Waals surface area (Å²) in [6, 6.07) is 5.14. The largest absolute Gasteiger partial charge is 0.416 e. The molecular formula is C14H15F3N2S. The van der Waals surface area contributed by atoms with Crippen LogP contribution in [-0.4, -0.2) is 11.5 Å². The number of thiazole rings is 1. The summed E-state index contributed by atoms with van der Waals surface area (Å²) < 4.78 is 37.4. The molecule has 0 saturated heterocycles. The van der Waals surface area contributed by atoms with Gasteiger partial charge in [-0.05, 0) is 23.6 Å². The van der Waals surface area contributed by atoms with Crippen LogP contribution in [-0.2, 0) is 6.18 Å². The van der Waals surface area contributed by atoms with Crippen molar-refractivity contribution in [1.29, 1.82) is 0 Å². The molecule has 0 aliphatic heterocycles. The molecule has 2 rings (SSSR count). The molecule has 1 aromatic heterocycles. The Morgan fingerprint density at radius 3 is 2.40 bits per heavy atom. The van der Waals surface area contributed by atoms with Gasteiger partial charge < -0.3 is 5.32 Å². The van der Waals surface area contributed by atoms with Gasteiger partial charge in [-0.2, -0.15) is 13.2 Å². The van der Waals surface area contributed by atoms with Crippen LogP contribution < -0.4 is 5.32 Å². The first-order valence-electron chi connectivity index (χ1n) is 6.23. The summed E-state index contributed by atoms with van der Waals surface area (Å²) in [4.78, 5) is 5.07. The molecular weight excluding hydrogens is 285 g/mol. The van der Waals surface area contributed by atoms with E-state index in [1.165, 1.54) is 23.5 Å². The maximum absolute atomic E-state index is 12.5. The maximum atomic E-state index is 12.5. The zero-order valence-corrected chi connectivity index (χ0v) is 12.0. The van der Waals surface area contributed by atoms with Gasteiger partial charge >= 0.3 is 6.18 Å². The van der Waals surface area contributed by atoms with Crippen LogP contribution in [0, 0.1) is 5.92 Å². The molecule has 0 atom stereocenters. The second-order valence-electron chi connectivity index (χ2n) is 4.88. The second kappa shape index (κ2) is 5.83. The summed E-state index contributed by atoms with van der Waals surface area (Å²) in [6.07, 6.45) is -2.62. The number of alkyl halides is 3. The molecule has 6 heteroatoms. The highest BCUT2D eigenvalue weighted by atomic mass is 32.1. The van der Waals surface area contributed by atoms with Crippen LogP contribution in [0.25, 0.3) is 10.4 Å². The van der Waals surface area contributed by atoms with Gasteiger partial charge in [-0.3, -0.25) is 0 Å². The van der Waals surface area contributed by atoms with Gasteiger partial charge in [-0.1, -0.05) is 37.3 Å². The van der Waals surface area contributed by atoms with Crippen molar-refractivity contribution in [2.75, 3.05) is 11.9 Å². The summed E-state index contributed by atoms with van der Waals surface area (Å²) in [5.74, 6) is 0.508. The fraction of sp³-hybridized carbons (Fsp3) is 0.357. The van der Waals surface area contributed by atoms with Gasteiger partial charge in [0.05, 0.1) is 10.4 Å². The van der Waals surface area contributed by atoms with E-state index in [0.29, 0.717) is 5.92 Å². The highest BCUT2D eigenvalue weighted by molar-refractivity contribution is 7.18. The summed E-state index contributed by atoms with van der Waals surface area (Å²) in [7, 11) is 0. The fourth-order valence-electron chi connectivity index (χ4n) is 1.60. The third-order valence-electron chi connectivity index (χ3n) is 2.66. The molecule has 1 N–H and O–H groups in total. The Morgan fingerprint density at radius 2 is 1.85 bits per heavy atom. The topological polar surface area (TPSA) is 24.9 Å². The first-order chi connectivity index (χ1) is 9.36. The van der Waals surface area contributed by atoms with E-state index < -0.39 is 11.7 Å². The van der Waals surface area contributed by atoms with Crippen molar-refractivity contribution in [2.45, 2.75) is 20.0 Å². The van der Waals surface area contributed by atoms with Crippen LogP contribution in [0.5, 0.6) is 0 Å². The van der Waals surface area contributed by atoms with E-state index in [0.717, 1.165) is 34.2 Å². The van der Waals surface area contributed by atoms with Crippen molar-refractivity contribution in [3.8, 4) is 10.4 Å². The predicted molar refractivity (Wildman–Crippen MR) is 75.9 cm³/mol. The monoisotopic (exact) mass is 300 g/mol. The standard InChI is InChI=1S/C14H15F3N2S/c1-9(2)7-18-13-19-8-12(20-13)10-3-5-11(6-4-10)14(15,16)17/h3-6,8-9H,7H2,1-2H3,(H,18,19). The quantitative estimate of drug-likeness (QED) is 0.869. The Labute approximate surface area is 119 Å². The normalized spacial score (nSPS) is 11.9. The summed E-state index contributed by atoms with van der Waals surface area (Å²) in [5, 5.41) is 3.98. The molecule has 0 bridgehead atoms. The third kappa shape index (κ3) is 3.72. The summed E-state index contributed by atoms with van der Waals surface area (Å²) >= 11 is 1.44. The van der Waals surface area contributed by atoms with Crippen LogP contribution in [0.15, 0.2) is 30.5 Å². The number of nitrogens with one attached hydrogen (secondary N) is 1. The smallest absolute Gasteiger partial charge is 0.361 e. The highest BCUT2D eigenvalue weighted by Gasteiger charge is 2.30. The van der Waals surface area contributed by atoms with Crippen LogP contribution in [0.4, 0.5) is 18.3 Å². The molecule has 0 unspecified atom stereocenters. The van der Waals surface area contributed by atoms with E-state index in [2.05, 4.69) is 24.1 Å². The SMILES string of the molecule is CC(C)CNc1ncc(-c2ccc(C(F)(F)F)cc2)s1. The second-order valence-corrected chi connectivity index (χ2v) is 5.91. The number of benzene rings is 1. The lowest BCUT2D eigenvalue weighted by Crippen LogP contribution is -2.07. The van der Waals surface area contributed by atoms with E-state index >= 15 is 0 Å². The minimum Gasteiger partial charge on any atom is -0.361 e. The number of anilines is 1. The molecule has 0 radical (unpaired) electrons. The van der Waals surface area contributed by atoms with Gasteiger partial charge in [-0.25, -0.2) is 4.98 Å². The van der Waals surface area contributed by atoms with Crippen molar-refractivity contribution in [2.24, 2.45) is 5.92 Å². The molecule has 0 spiro atoms. The van der Waals surface area contributed by atoms with E-state index in [1.54, 1.807) is 6.20 Å². The third-order valence-corrected chi connectivity index (χ3v) is 3.67. The van der Waals surface area contributed by atoms with Crippen LogP contribution in [0.2, 0.25) is 0 Å². The average Bonchev–Trinajstić information content (AvgIpc) is 2.84. The molecule has 0 aliphatic carbocycles. The number of hydrogen-bond acceptors (Lipinski definition) is 3. The molecule has 0 saturated carbocycles. The van der Waals surface area contributed by atoms with Crippen molar-refractivity contribution >= 4 is 16.5 Å². The number of hydrogen-bond donors (Lipinski definition) is 1. The zero-order valence-electron chi connectivity index (χ0n) is 11.2. The van der Waals surface area contributed by atoms with Crippen molar-refractivity contribution in [3.63, 3.8) is 0 Å². The molecule has 0 amide bonds. The van der Waals surface area contributed by atoms with Crippen molar-refractivity contribution in [1.82, 2.24) is 4.98 Å². The predicted octanol–water partition coefficient (Wildman–Crippen LogP) is 4.90. The van der Waals surface area contributed by atoms with Gasteiger partial charge in [0.1, 0.15) is 0 Å². The average molecular weight is 300 g/mol. The maximum Gasteiger partial charge on any atom is 0.416 e. The molecule has 0 aliphatic rings. The molecule has 1 heterocycles. The molecule has 2 nitrogen and oxygen atoms in total. The van der Waals surface area contributed by atoms with E-state index in [9.17, 15) is 13.2 Å². The molecule has 108 valence electrons. The molecule has 20 heavy (non-hydrogen) atoms. The van der Waals surface area contributed by atoms with E-state index in [4.69, 9.17) is 0 Å². The van der Waals surface area contributed by atoms with Crippen LogP contribution in [0.1, 0.15) is 19.4 Å². The minimum absolute atomic E-state index is 0.508. The number of halogens is 3. The van der Waals surface area contributed by atoms with Crippen LogP contribution in [0.3, 0.4) is 0 Å². The Bertz CT molecular complexity index is 559. The summed E-state index contributed by atoms with van der Waals surface area (Å²) in [6.45, 7) is 5.01. The van der Waals surface area contributed by atoms with Gasteiger partial charge in [0.2, 0.25) is 0 Å². The Balaban J connectivity index is 2.12. The van der Waals surface area contributed by atoms with Gasteiger partial charge in [0, 0.05) is 12.7 Å². The molecule has 0 fully saturated rings. The number of rotatable bonds is 4. The number of aromatic nitrogens is 1. The van der Waals surface area contributed by atoms with Crippen molar-refractivity contribution in [3.05, 3.63) is 36.0 Å². The minimum atomic E-state index is -4.30. The van der Waals surface area contributed by atoms with E-state index in [1.807, 2.05) is 0 Å². The Kier molecular flexibility index (Phi) is 4.32. The lowest BCUT2D eigenvalue weighted by molar-refractivity contribution is -0.137. The Morgan fingerprint density at radius 1 is 1.20 bits per heavy atom. The van der Waals surface area contributed by atoms with Gasteiger partial charge in [0.25, 0.3) is 0 Å². The highest BCUT2D eigenvalue weighted by Crippen LogP contribution is 2.33. The lowest BCUT2D eigenvalue weighted by atomic mass is 10.1. The zero-order chi connectivity index (χ0) is 14.8.